The highest BCUT2D eigenvalue weighted by Gasteiger charge is 2.23. The lowest BCUT2D eigenvalue weighted by molar-refractivity contribution is -0.139. The smallest absolute Gasteiger partial charge is 0.338 e. The van der Waals surface area contributed by atoms with Crippen LogP contribution in [0, 0.1) is 5.92 Å². The number of esters is 2. The number of hydrogen-bond donors (Lipinski definition) is 0. The Bertz CT molecular complexity index is 1060. The maximum absolute atomic E-state index is 11.9. The molecule has 30 heavy (non-hydrogen) atoms. The second-order valence-corrected chi connectivity index (χ2v) is 8.03. The van der Waals surface area contributed by atoms with Crippen LogP contribution in [0.4, 0.5) is 0 Å². The SMILES string of the molecule is C=C(C)C(=O)OCCCc1ccc2c3c(ccc2c1)C=C(OC(=O)C(=C)C)C(C)C3. The molecule has 0 spiro atoms. The predicted molar refractivity (Wildman–Crippen MR) is 120 cm³/mol. The lowest BCUT2D eigenvalue weighted by Gasteiger charge is -2.24. The summed E-state index contributed by atoms with van der Waals surface area (Å²) in [5, 5.41) is 2.41. The molecule has 1 atom stereocenters. The van der Waals surface area contributed by atoms with E-state index in [1.807, 2.05) is 6.08 Å². The molecule has 3 rings (SSSR count). The molecule has 1 aliphatic carbocycles. The summed E-state index contributed by atoms with van der Waals surface area (Å²) in [5.74, 6) is 0.0939. The first-order valence-corrected chi connectivity index (χ1v) is 10.2. The molecule has 4 heteroatoms. The largest absolute Gasteiger partial charge is 0.462 e. The monoisotopic (exact) mass is 404 g/mol. The fraction of sp³-hybridized carbons (Fsp3) is 0.308. The fourth-order valence-electron chi connectivity index (χ4n) is 3.57. The van der Waals surface area contributed by atoms with E-state index in [1.165, 1.54) is 21.9 Å². The molecule has 4 nitrogen and oxygen atoms in total. The summed E-state index contributed by atoms with van der Waals surface area (Å²) >= 11 is 0. The number of carbonyl (C=O) groups excluding carboxylic acids is 2. The van der Waals surface area contributed by atoms with E-state index < -0.39 is 0 Å². The maximum atomic E-state index is 11.9. The second-order valence-electron chi connectivity index (χ2n) is 8.03. The number of aryl methyl sites for hydroxylation is 1. The molecule has 1 aliphatic rings. The quantitative estimate of drug-likeness (QED) is 0.345. The van der Waals surface area contributed by atoms with Crippen molar-refractivity contribution in [2.75, 3.05) is 6.61 Å². The predicted octanol–water partition coefficient (Wildman–Crippen LogP) is 5.54. The Balaban J connectivity index is 1.75. The van der Waals surface area contributed by atoms with Gasteiger partial charge in [0.1, 0.15) is 5.76 Å². The zero-order valence-electron chi connectivity index (χ0n) is 17.9. The number of ether oxygens (including phenoxy) is 2. The van der Waals surface area contributed by atoms with Crippen molar-refractivity contribution in [2.45, 2.75) is 40.0 Å². The average Bonchev–Trinajstić information content (AvgIpc) is 2.71. The van der Waals surface area contributed by atoms with E-state index >= 15 is 0 Å². The van der Waals surface area contributed by atoms with Gasteiger partial charge in [-0.15, -0.1) is 0 Å². The van der Waals surface area contributed by atoms with Crippen LogP contribution in [0.3, 0.4) is 0 Å². The molecule has 0 aromatic heterocycles. The molecule has 156 valence electrons. The van der Waals surface area contributed by atoms with Crippen LogP contribution in [-0.2, 0) is 31.9 Å². The van der Waals surface area contributed by atoms with Gasteiger partial charge in [-0.25, -0.2) is 9.59 Å². The van der Waals surface area contributed by atoms with Crippen molar-refractivity contribution in [3.05, 3.63) is 77.1 Å². The van der Waals surface area contributed by atoms with Gasteiger partial charge in [-0.3, -0.25) is 0 Å². The zero-order valence-corrected chi connectivity index (χ0v) is 17.9. The van der Waals surface area contributed by atoms with E-state index in [9.17, 15) is 9.59 Å². The van der Waals surface area contributed by atoms with Crippen molar-refractivity contribution in [2.24, 2.45) is 5.92 Å². The Morgan fingerprint density at radius 2 is 1.80 bits per heavy atom. The summed E-state index contributed by atoms with van der Waals surface area (Å²) in [6, 6.07) is 10.7. The van der Waals surface area contributed by atoms with Gasteiger partial charge in [0.25, 0.3) is 0 Å². The molecule has 0 aliphatic heterocycles. The van der Waals surface area contributed by atoms with Crippen LogP contribution in [0.25, 0.3) is 16.8 Å². The number of hydrogen-bond acceptors (Lipinski definition) is 4. The third kappa shape index (κ3) is 4.88. The van der Waals surface area contributed by atoms with Gasteiger partial charge < -0.3 is 9.47 Å². The van der Waals surface area contributed by atoms with Gasteiger partial charge >= 0.3 is 11.9 Å². The lowest BCUT2D eigenvalue weighted by Crippen LogP contribution is -2.16. The molecule has 0 saturated heterocycles. The number of fused-ring (bicyclic) bond motifs is 3. The van der Waals surface area contributed by atoms with Gasteiger partial charge in [-0.05, 0) is 66.6 Å². The lowest BCUT2D eigenvalue weighted by atomic mass is 9.85. The minimum Gasteiger partial charge on any atom is -0.462 e. The molecule has 1 unspecified atom stereocenters. The maximum Gasteiger partial charge on any atom is 0.338 e. The van der Waals surface area contributed by atoms with Crippen molar-refractivity contribution in [3.63, 3.8) is 0 Å². The first-order chi connectivity index (χ1) is 14.3. The van der Waals surface area contributed by atoms with Gasteiger partial charge in [0, 0.05) is 17.1 Å². The van der Waals surface area contributed by atoms with E-state index in [2.05, 4.69) is 50.4 Å². The van der Waals surface area contributed by atoms with Crippen LogP contribution in [0.15, 0.2) is 60.4 Å². The van der Waals surface area contributed by atoms with Gasteiger partial charge in [-0.2, -0.15) is 0 Å². The fourth-order valence-corrected chi connectivity index (χ4v) is 3.57. The molecule has 0 heterocycles. The van der Waals surface area contributed by atoms with Crippen molar-refractivity contribution < 1.29 is 19.1 Å². The van der Waals surface area contributed by atoms with Gasteiger partial charge in [-0.1, -0.05) is 50.4 Å². The van der Waals surface area contributed by atoms with E-state index in [-0.39, 0.29) is 17.9 Å². The van der Waals surface area contributed by atoms with E-state index in [0.717, 1.165) is 24.8 Å². The minimum absolute atomic E-state index is 0.120. The topological polar surface area (TPSA) is 52.6 Å². The average molecular weight is 405 g/mol. The minimum atomic E-state index is -0.379. The highest BCUT2D eigenvalue weighted by molar-refractivity contribution is 5.91. The Hall–Kier alpha value is -3.14. The third-order valence-corrected chi connectivity index (χ3v) is 5.28. The van der Waals surface area contributed by atoms with Crippen molar-refractivity contribution in [3.8, 4) is 0 Å². The molecular weight excluding hydrogens is 376 g/mol. The van der Waals surface area contributed by atoms with E-state index in [0.29, 0.717) is 23.5 Å². The first-order valence-electron chi connectivity index (χ1n) is 10.2. The molecule has 0 saturated carbocycles. The number of carbonyl (C=O) groups is 2. The summed E-state index contributed by atoms with van der Waals surface area (Å²) < 4.78 is 10.7. The Morgan fingerprint density at radius 3 is 2.50 bits per heavy atom. The van der Waals surface area contributed by atoms with Crippen LogP contribution in [0.5, 0.6) is 0 Å². The molecule has 2 aromatic carbocycles. The number of benzene rings is 2. The molecule has 0 N–H and O–H groups in total. The summed E-state index contributed by atoms with van der Waals surface area (Å²) in [5.41, 5.74) is 4.39. The van der Waals surface area contributed by atoms with Crippen LogP contribution < -0.4 is 0 Å². The molecule has 0 amide bonds. The van der Waals surface area contributed by atoms with Crippen molar-refractivity contribution in [1.82, 2.24) is 0 Å². The van der Waals surface area contributed by atoms with Crippen LogP contribution in [0.2, 0.25) is 0 Å². The molecule has 0 fully saturated rings. The van der Waals surface area contributed by atoms with Crippen LogP contribution in [-0.4, -0.2) is 18.5 Å². The van der Waals surface area contributed by atoms with E-state index in [4.69, 9.17) is 9.47 Å². The normalized spacial score (nSPS) is 15.2. The number of allylic oxidation sites excluding steroid dienone is 1. The van der Waals surface area contributed by atoms with Gasteiger partial charge in [0.2, 0.25) is 0 Å². The summed E-state index contributed by atoms with van der Waals surface area (Å²) in [6.07, 6.45) is 4.40. The molecule has 0 bridgehead atoms. The van der Waals surface area contributed by atoms with Gasteiger partial charge in [0.05, 0.1) is 6.61 Å². The Kier molecular flexibility index (Phi) is 6.56. The van der Waals surface area contributed by atoms with E-state index in [1.54, 1.807) is 13.8 Å². The van der Waals surface area contributed by atoms with Crippen molar-refractivity contribution in [1.29, 1.82) is 0 Å². The number of rotatable bonds is 7. The van der Waals surface area contributed by atoms with Crippen molar-refractivity contribution >= 4 is 28.8 Å². The molecular formula is C26H28O4. The second kappa shape index (κ2) is 9.12. The first kappa shape index (κ1) is 21.6. The summed E-state index contributed by atoms with van der Waals surface area (Å²) in [7, 11) is 0. The molecule has 0 radical (unpaired) electrons. The van der Waals surface area contributed by atoms with Crippen LogP contribution in [0.1, 0.15) is 43.9 Å². The standard InChI is InChI=1S/C26H28O4/c1-16(2)25(27)29-12-6-7-19-8-11-22-20(14-19)9-10-21-15-24(18(5)13-23(21)22)30-26(28)17(3)4/h8-11,14-15,18H,1,3,6-7,12-13H2,2,4-5H3. The third-order valence-electron chi connectivity index (χ3n) is 5.28. The highest BCUT2D eigenvalue weighted by Crippen LogP contribution is 2.34. The summed E-state index contributed by atoms with van der Waals surface area (Å²) in [6.45, 7) is 13.0. The van der Waals surface area contributed by atoms with Crippen LogP contribution >= 0.6 is 0 Å². The Labute approximate surface area is 177 Å². The van der Waals surface area contributed by atoms with Gasteiger partial charge in [0.15, 0.2) is 0 Å². The summed E-state index contributed by atoms with van der Waals surface area (Å²) in [4.78, 5) is 23.4. The Morgan fingerprint density at radius 1 is 1.07 bits per heavy atom. The zero-order chi connectivity index (χ0) is 21.8. The molecule has 2 aromatic rings. The highest BCUT2D eigenvalue weighted by atomic mass is 16.5.